The molecule has 2 atom stereocenters. The molecule has 2 rings (SSSR count). The minimum atomic E-state index is -0.489. The Morgan fingerprint density at radius 2 is 2.15 bits per heavy atom. The fourth-order valence-corrected chi connectivity index (χ4v) is 2.76. The van der Waals surface area contributed by atoms with Gasteiger partial charge in [0.1, 0.15) is 5.82 Å². The lowest BCUT2D eigenvalue weighted by Gasteiger charge is -2.28. The average molecular weight is 345 g/mol. The lowest BCUT2D eigenvalue weighted by molar-refractivity contribution is 0.0943. The first-order valence-electron chi connectivity index (χ1n) is 6.72. The number of halogens is 2. The van der Waals surface area contributed by atoms with Crippen molar-refractivity contribution in [1.82, 2.24) is 10.6 Å². The number of aliphatic hydroxyl groups excluding tert-OH is 1. The van der Waals surface area contributed by atoms with Gasteiger partial charge >= 0.3 is 6.03 Å². The summed E-state index contributed by atoms with van der Waals surface area (Å²) in [6, 6.07) is 4.00. The van der Waals surface area contributed by atoms with Crippen LogP contribution in [-0.4, -0.2) is 23.3 Å². The molecule has 20 heavy (non-hydrogen) atoms. The Labute approximate surface area is 125 Å². The number of carbonyl (C=O) groups excluding carboxylic acids is 1. The van der Waals surface area contributed by atoms with Crippen molar-refractivity contribution in [2.45, 2.75) is 44.4 Å². The second kappa shape index (κ2) is 7.04. The second-order valence-corrected chi connectivity index (χ2v) is 5.94. The smallest absolute Gasteiger partial charge is 0.315 e. The Hall–Kier alpha value is -1.14. The van der Waals surface area contributed by atoms with Crippen LogP contribution in [0.2, 0.25) is 0 Å². The largest absolute Gasteiger partial charge is 0.391 e. The number of rotatable bonds is 3. The summed E-state index contributed by atoms with van der Waals surface area (Å²) >= 11 is 3.26. The van der Waals surface area contributed by atoms with E-state index < -0.39 is 6.10 Å². The third-order valence-electron chi connectivity index (χ3n) is 3.49. The van der Waals surface area contributed by atoms with Crippen molar-refractivity contribution in [1.29, 1.82) is 0 Å². The van der Waals surface area contributed by atoms with Crippen molar-refractivity contribution in [3.8, 4) is 0 Å². The summed E-state index contributed by atoms with van der Waals surface area (Å²) in [5.74, 6) is -0.355. The first-order valence-corrected chi connectivity index (χ1v) is 7.52. The molecule has 3 N–H and O–H groups in total. The molecule has 0 spiro atoms. The Bertz CT molecular complexity index is 484. The van der Waals surface area contributed by atoms with Crippen LogP contribution in [0.3, 0.4) is 0 Å². The Kier molecular flexibility index (Phi) is 5.37. The van der Waals surface area contributed by atoms with E-state index in [4.69, 9.17) is 0 Å². The molecule has 1 fully saturated rings. The van der Waals surface area contributed by atoms with Crippen LogP contribution in [0.4, 0.5) is 9.18 Å². The Morgan fingerprint density at radius 1 is 1.40 bits per heavy atom. The summed E-state index contributed by atoms with van der Waals surface area (Å²) in [6.07, 6.45) is 2.99. The van der Waals surface area contributed by atoms with E-state index in [9.17, 15) is 14.3 Å². The van der Waals surface area contributed by atoms with E-state index in [-0.39, 0.29) is 24.4 Å². The van der Waals surface area contributed by atoms with Gasteiger partial charge in [0.25, 0.3) is 0 Å². The summed E-state index contributed by atoms with van der Waals surface area (Å²) in [5.41, 5.74) is 0.415. The fourth-order valence-electron chi connectivity index (χ4n) is 2.35. The van der Waals surface area contributed by atoms with Gasteiger partial charge in [-0.15, -0.1) is 0 Å². The zero-order valence-electron chi connectivity index (χ0n) is 11.0. The quantitative estimate of drug-likeness (QED) is 0.789. The highest BCUT2D eigenvalue weighted by molar-refractivity contribution is 9.10. The molecule has 2 amide bonds. The van der Waals surface area contributed by atoms with E-state index in [1.165, 1.54) is 6.07 Å². The molecule has 0 radical (unpaired) electrons. The second-order valence-electron chi connectivity index (χ2n) is 5.02. The van der Waals surface area contributed by atoms with Crippen molar-refractivity contribution >= 4 is 22.0 Å². The summed E-state index contributed by atoms with van der Waals surface area (Å²) < 4.78 is 14.3. The lowest BCUT2D eigenvalue weighted by Crippen LogP contribution is -2.48. The fraction of sp³-hybridized carbons (Fsp3) is 0.500. The first-order chi connectivity index (χ1) is 9.56. The van der Waals surface area contributed by atoms with Crippen LogP contribution in [0.1, 0.15) is 31.2 Å². The molecule has 0 bridgehead atoms. The molecular weight excluding hydrogens is 327 g/mol. The van der Waals surface area contributed by atoms with Gasteiger partial charge in [0.05, 0.1) is 12.1 Å². The van der Waals surface area contributed by atoms with Gasteiger partial charge in [-0.3, -0.25) is 0 Å². The van der Waals surface area contributed by atoms with Gasteiger partial charge in [0.15, 0.2) is 0 Å². The maximum Gasteiger partial charge on any atom is 0.315 e. The van der Waals surface area contributed by atoms with Crippen molar-refractivity contribution in [2.75, 3.05) is 0 Å². The SMILES string of the molecule is O=C(NCc1cc(Br)ccc1F)NC1CCCCC1O. The molecule has 4 nitrogen and oxygen atoms in total. The minimum Gasteiger partial charge on any atom is -0.391 e. The van der Waals surface area contributed by atoms with Crippen LogP contribution in [0, 0.1) is 5.82 Å². The van der Waals surface area contributed by atoms with Crippen LogP contribution >= 0.6 is 15.9 Å². The van der Waals surface area contributed by atoms with Gasteiger partial charge in [0.2, 0.25) is 0 Å². The number of amides is 2. The molecule has 1 saturated carbocycles. The average Bonchev–Trinajstić information content (AvgIpc) is 2.42. The topological polar surface area (TPSA) is 61.4 Å². The predicted molar refractivity (Wildman–Crippen MR) is 77.7 cm³/mol. The molecule has 0 heterocycles. The molecule has 1 aromatic carbocycles. The van der Waals surface area contributed by atoms with Crippen molar-refractivity contribution in [3.05, 3.63) is 34.1 Å². The standard InChI is InChI=1S/C14H18BrFN2O2/c15-10-5-6-11(16)9(7-10)8-17-14(20)18-12-3-1-2-4-13(12)19/h5-7,12-13,19H,1-4,8H2,(H2,17,18,20). The highest BCUT2D eigenvalue weighted by Gasteiger charge is 2.24. The molecule has 110 valence electrons. The molecule has 1 aliphatic carbocycles. The van der Waals surface area contributed by atoms with Crippen LogP contribution in [0.25, 0.3) is 0 Å². The van der Waals surface area contributed by atoms with E-state index in [0.717, 1.165) is 23.7 Å². The molecular formula is C14H18BrFN2O2. The van der Waals surface area contributed by atoms with E-state index in [2.05, 4.69) is 26.6 Å². The van der Waals surface area contributed by atoms with Crippen molar-refractivity contribution in [3.63, 3.8) is 0 Å². The lowest BCUT2D eigenvalue weighted by atomic mass is 9.93. The number of benzene rings is 1. The van der Waals surface area contributed by atoms with Gasteiger partial charge in [-0.05, 0) is 31.0 Å². The number of nitrogens with one attached hydrogen (secondary N) is 2. The molecule has 2 unspecified atom stereocenters. The normalized spacial score (nSPS) is 22.4. The monoisotopic (exact) mass is 344 g/mol. The summed E-state index contributed by atoms with van der Waals surface area (Å²) in [6.45, 7) is 0.111. The van der Waals surface area contributed by atoms with Crippen LogP contribution in [-0.2, 0) is 6.54 Å². The van der Waals surface area contributed by atoms with Crippen molar-refractivity contribution < 1.29 is 14.3 Å². The molecule has 0 aliphatic heterocycles. The third-order valence-corrected chi connectivity index (χ3v) is 3.99. The van der Waals surface area contributed by atoms with Gasteiger partial charge in [-0.2, -0.15) is 0 Å². The Morgan fingerprint density at radius 3 is 2.90 bits per heavy atom. The molecule has 6 heteroatoms. The number of aliphatic hydroxyl groups is 1. The van der Waals surface area contributed by atoms with Crippen LogP contribution in [0.15, 0.2) is 22.7 Å². The summed E-state index contributed by atoms with van der Waals surface area (Å²) in [4.78, 5) is 11.8. The first kappa shape index (κ1) is 15.3. The maximum atomic E-state index is 13.5. The number of hydrogen-bond acceptors (Lipinski definition) is 2. The number of hydrogen-bond donors (Lipinski definition) is 3. The number of carbonyl (C=O) groups is 1. The van der Waals surface area contributed by atoms with Gasteiger partial charge in [-0.25, -0.2) is 9.18 Å². The zero-order valence-corrected chi connectivity index (χ0v) is 12.6. The third kappa shape index (κ3) is 4.18. The van der Waals surface area contributed by atoms with E-state index in [1.807, 2.05) is 0 Å². The molecule has 1 aliphatic rings. The highest BCUT2D eigenvalue weighted by Crippen LogP contribution is 2.18. The molecule has 1 aromatic rings. The van der Waals surface area contributed by atoms with E-state index in [1.54, 1.807) is 12.1 Å². The highest BCUT2D eigenvalue weighted by atomic mass is 79.9. The van der Waals surface area contributed by atoms with E-state index >= 15 is 0 Å². The molecule has 0 aromatic heterocycles. The number of urea groups is 1. The zero-order chi connectivity index (χ0) is 14.5. The van der Waals surface area contributed by atoms with Gasteiger partial charge in [-0.1, -0.05) is 28.8 Å². The maximum absolute atomic E-state index is 13.5. The summed E-state index contributed by atoms with van der Waals surface area (Å²) in [7, 11) is 0. The van der Waals surface area contributed by atoms with Gasteiger partial charge < -0.3 is 15.7 Å². The molecule has 0 saturated heterocycles. The summed E-state index contributed by atoms with van der Waals surface area (Å²) in [5, 5.41) is 15.1. The van der Waals surface area contributed by atoms with Crippen molar-refractivity contribution in [2.24, 2.45) is 0 Å². The van der Waals surface area contributed by atoms with Gasteiger partial charge in [0, 0.05) is 16.6 Å². The van der Waals surface area contributed by atoms with Crippen LogP contribution < -0.4 is 10.6 Å². The van der Waals surface area contributed by atoms with Crippen LogP contribution in [0.5, 0.6) is 0 Å². The minimum absolute atomic E-state index is 0.111. The Balaban J connectivity index is 1.84. The van der Waals surface area contributed by atoms with E-state index in [0.29, 0.717) is 12.0 Å². The predicted octanol–water partition coefficient (Wildman–Crippen LogP) is 2.69.